The molecule has 4 nitrogen and oxygen atoms in total. The fourth-order valence-electron chi connectivity index (χ4n) is 1.28. The van der Waals surface area contributed by atoms with E-state index in [0.29, 0.717) is 5.56 Å². The average Bonchev–Trinajstić information content (AvgIpc) is 2.17. The summed E-state index contributed by atoms with van der Waals surface area (Å²) in [6.45, 7) is 1.66. The predicted octanol–water partition coefficient (Wildman–Crippen LogP) is 2.43. The number of phenols is 1. The first kappa shape index (κ1) is 13.4. The molecule has 0 radical (unpaired) electrons. The highest BCUT2D eigenvalue weighted by molar-refractivity contribution is 8.13. The second-order valence-corrected chi connectivity index (χ2v) is 6.37. The third-order valence-corrected chi connectivity index (χ3v) is 3.43. The molecule has 0 bridgehead atoms. The molecule has 1 rings (SSSR count). The molecule has 0 saturated carbocycles. The number of ether oxygens (including phenoxy) is 1. The maximum absolute atomic E-state index is 11.0. The number of methoxy groups -OCH3 is 1. The molecule has 1 aromatic carbocycles. The number of hydrogen-bond donors (Lipinski definition) is 1. The Morgan fingerprint density at radius 3 is 2.50 bits per heavy atom. The Kier molecular flexibility index (Phi) is 3.93. The normalized spacial score (nSPS) is 11.5. The molecule has 16 heavy (non-hydrogen) atoms. The van der Waals surface area contributed by atoms with Crippen molar-refractivity contribution in [2.45, 2.75) is 12.7 Å². The quantitative estimate of drug-likeness (QED) is 0.866. The van der Waals surface area contributed by atoms with E-state index in [1.807, 2.05) is 0 Å². The minimum absolute atomic E-state index is 0.0546. The van der Waals surface area contributed by atoms with E-state index in [2.05, 4.69) is 0 Å². The van der Waals surface area contributed by atoms with Crippen molar-refractivity contribution in [3.63, 3.8) is 0 Å². The van der Waals surface area contributed by atoms with E-state index < -0.39 is 14.8 Å². The van der Waals surface area contributed by atoms with Crippen LogP contribution in [-0.4, -0.2) is 20.6 Å². The number of phenolic OH excluding ortho intramolecular Hbond substituents is 1. The summed E-state index contributed by atoms with van der Waals surface area (Å²) in [6.07, 6.45) is 0. The number of halogens is 2. The Hall–Kier alpha value is -0.650. The SMILES string of the molecule is COc1cc(C)c(CS(=O)(=O)Cl)c(Cl)c1O. The Labute approximate surface area is 103 Å². The molecule has 0 aliphatic heterocycles. The van der Waals surface area contributed by atoms with Crippen LogP contribution in [-0.2, 0) is 14.8 Å². The maximum Gasteiger partial charge on any atom is 0.236 e. The highest BCUT2D eigenvalue weighted by Crippen LogP contribution is 2.39. The second kappa shape index (κ2) is 4.69. The zero-order valence-corrected chi connectivity index (χ0v) is 10.9. The van der Waals surface area contributed by atoms with E-state index in [-0.39, 0.29) is 22.1 Å². The molecule has 0 unspecified atom stereocenters. The third kappa shape index (κ3) is 2.93. The molecule has 0 saturated heterocycles. The lowest BCUT2D eigenvalue weighted by molar-refractivity contribution is 0.373. The van der Waals surface area contributed by atoms with Crippen LogP contribution in [0.15, 0.2) is 6.07 Å². The van der Waals surface area contributed by atoms with Crippen LogP contribution in [0.1, 0.15) is 11.1 Å². The minimum Gasteiger partial charge on any atom is -0.503 e. The third-order valence-electron chi connectivity index (χ3n) is 2.07. The Morgan fingerprint density at radius 1 is 1.50 bits per heavy atom. The van der Waals surface area contributed by atoms with Crippen molar-refractivity contribution in [1.29, 1.82) is 0 Å². The summed E-state index contributed by atoms with van der Waals surface area (Å²) < 4.78 is 26.8. The summed E-state index contributed by atoms with van der Waals surface area (Å²) in [5.74, 6) is -0.528. The minimum atomic E-state index is -3.72. The van der Waals surface area contributed by atoms with Gasteiger partial charge in [0.15, 0.2) is 11.5 Å². The van der Waals surface area contributed by atoms with Crippen molar-refractivity contribution in [2.24, 2.45) is 0 Å². The summed E-state index contributed by atoms with van der Waals surface area (Å²) in [4.78, 5) is 0. The van der Waals surface area contributed by atoms with Gasteiger partial charge in [0.1, 0.15) is 0 Å². The lowest BCUT2D eigenvalue weighted by Crippen LogP contribution is -2.00. The second-order valence-electron chi connectivity index (χ2n) is 3.22. The lowest BCUT2D eigenvalue weighted by atomic mass is 10.1. The largest absolute Gasteiger partial charge is 0.503 e. The van der Waals surface area contributed by atoms with Gasteiger partial charge in [0, 0.05) is 10.7 Å². The predicted molar refractivity (Wildman–Crippen MR) is 62.9 cm³/mol. The first-order chi connectivity index (χ1) is 7.26. The van der Waals surface area contributed by atoms with Gasteiger partial charge in [-0.3, -0.25) is 0 Å². The maximum atomic E-state index is 11.0. The molecule has 7 heteroatoms. The molecular weight excluding hydrogens is 275 g/mol. The smallest absolute Gasteiger partial charge is 0.236 e. The van der Waals surface area contributed by atoms with Crippen LogP contribution < -0.4 is 4.74 Å². The number of aryl methyl sites for hydroxylation is 1. The Morgan fingerprint density at radius 2 is 2.06 bits per heavy atom. The van der Waals surface area contributed by atoms with Crippen LogP contribution in [0.2, 0.25) is 5.02 Å². The van der Waals surface area contributed by atoms with Gasteiger partial charge in [-0.2, -0.15) is 0 Å². The van der Waals surface area contributed by atoms with Gasteiger partial charge >= 0.3 is 0 Å². The zero-order valence-electron chi connectivity index (χ0n) is 8.62. The number of benzene rings is 1. The standard InChI is InChI=1S/C9H10Cl2O4S/c1-5-3-7(15-2)9(12)8(10)6(5)4-16(11,13)14/h3,12H,4H2,1-2H3. The summed E-state index contributed by atoms with van der Waals surface area (Å²) in [7, 11) is 2.79. The molecule has 0 atom stereocenters. The van der Waals surface area contributed by atoms with Gasteiger partial charge < -0.3 is 9.84 Å². The molecule has 0 spiro atoms. The summed E-state index contributed by atoms with van der Waals surface area (Å²) in [5.41, 5.74) is 0.860. The summed E-state index contributed by atoms with van der Waals surface area (Å²) in [5, 5.41) is 9.55. The molecule has 0 aliphatic carbocycles. The zero-order chi connectivity index (χ0) is 12.5. The number of rotatable bonds is 3. The van der Waals surface area contributed by atoms with Gasteiger partial charge in [0.25, 0.3) is 0 Å². The average molecular weight is 285 g/mol. The monoisotopic (exact) mass is 284 g/mol. The lowest BCUT2D eigenvalue weighted by Gasteiger charge is -2.11. The van der Waals surface area contributed by atoms with Gasteiger partial charge in [-0.05, 0) is 24.1 Å². The first-order valence-corrected chi connectivity index (χ1v) is 7.09. The van der Waals surface area contributed by atoms with Crippen LogP contribution in [0.4, 0.5) is 0 Å². The van der Waals surface area contributed by atoms with E-state index in [1.165, 1.54) is 13.2 Å². The molecule has 0 aromatic heterocycles. The molecule has 1 N–H and O–H groups in total. The van der Waals surface area contributed by atoms with E-state index in [4.69, 9.17) is 27.0 Å². The van der Waals surface area contributed by atoms with Crippen LogP contribution >= 0.6 is 22.3 Å². The van der Waals surface area contributed by atoms with Crippen molar-refractivity contribution in [3.05, 3.63) is 22.2 Å². The van der Waals surface area contributed by atoms with Crippen molar-refractivity contribution in [3.8, 4) is 11.5 Å². The number of hydrogen-bond acceptors (Lipinski definition) is 4. The first-order valence-electron chi connectivity index (χ1n) is 4.23. The van der Waals surface area contributed by atoms with Crippen LogP contribution in [0, 0.1) is 6.92 Å². The van der Waals surface area contributed by atoms with Crippen molar-refractivity contribution >= 4 is 31.3 Å². The van der Waals surface area contributed by atoms with E-state index >= 15 is 0 Å². The van der Waals surface area contributed by atoms with E-state index in [9.17, 15) is 13.5 Å². The molecule has 90 valence electrons. The fraction of sp³-hybridized carbons (Fsp3) is 0.333. The van der Waals surface area contributed by atoms with E-state index in [1.54, 1.807) is 6.92 Å². The van der Waals surface area contributed by atoms with Crippen molar-refractivity contribution in [2.75, 3.05) is 7.11 Å². The molecule has 0 heterocycles. The molecular formula is C9H10Cl2O4S. The molecule has 0 aliphatic rings. The van der Waals surface area contributed by atoms with Crippen LogP contribution in [0.25, 0.3) is 0 Å². The van der Waals surface area contributed by atoms with Crippen molar-refractivity contribution < 1.29 is 18.3 Å². The highest BCUT2D eigenvalue weighted by atomic mass is 35.7. The van der Waals surface area contributed by atoms with Gasteiger partial charge in [-0.25, -0.2) is 8.42 Å². The fourth-order valence-corrected chi connectivity index (χ4v) is 2.71. The summed E-state index contributed by atoms with van der Waals surface area (Å²) in [6, 6.07) is 1.50. The van der Waals surface area contributed by atoms with Crippen LogP contribution in [0.5, 0.6) is 11.5 Å². The molecule has 0 fully saturated rings. The van der Waals surface area contributed by atoms with Gasteiger partial charge in [0.2, 0.25) is 9.05 Å². The molecule has 1 aromatic rings. The van der Waals surface area contributed by atoms with Crippen molar-refractivity contribution in [1.82, 2.24) is 0 Å². The number of aromatic hydroxyl groups is 1. The summed E-state index contributed by atoms with van der Waals surface area (Å²) >= 11 is 5.84. The van der Waals surface area contributed by atoms with E-state index in [0.717, 1.165) is 0 Å². The van der Waals surface area contributed by atoms with Crippen LogP contribution in [0.3, 0.4) is 0 Å². The Balaban J connectivity index is 3.37. The van der Waals surface area contributed by atoms with Gasteiger partial charge in [-0.15, -0.1) is 0 Å². The highest BCUT2D eigenvalue weighted by Gasteiger charge is 2.18. The topological polar surface area (TPSA) is 63.6 Å². The molecule has 0 amide bonds. The van der Waals surface area contributed by atoms with Gasteiger partial charge in [-0.1, -0.05) is 11.6 Å². The van der Waals surface area contributed by atoms with Gasteiger partial charge in [0.05, 0.1) is 17.9 Å². The Bertz CT molecular complexity index is 511.